The molecule has 1 aliphatic heterocycles. The Morgan fingerprint density at radius 2 is 1.85 bits per heavy atom. The number of carbonyl (C=O) groups is 2. The molecule has 0 bridgehead atoms. The lowest BCUT2D eigenvalue weighted by molar-refractivity contribution is -0.120. The minimum Gasteiger partial charge on any atom is -0.376 e. The summed E-state index contributed by atoms with van der Waals surface area (Å²) in [6.07, 6.45) is 2.70. The fourth-order valence-electron chi connectivity index (χ4n) is 3.69. The van der Waals surface area contributed by atoms with Gasteiger partial charge >= 0.3 is 6.03 Å². The Hall–Kier alpha value is -2.08. The summed E-state index contributed by atoms with van der Waals surface area (Å²) in [4.78, 5) is 24.9. The molecular weight excluding hydrogens is 330 g/mol. The molecule has 6 nitrogen and oxygen atoms in total. The molecule has 0 radical (unpaired) electrons. The van der Waals surface area contributed by atoms with Crippen molar-refractivity contribution in [3.63, 3.8) is 0 Å². The lowest BCUT2D eigenvalue weighted by Crippen LogP contribution is -2.46. The zero-order valence-corrected chi connectivity index (χ0v) is 16.3. The predicted octanol–water partition coefficient (Wildman–Crippen LogP) is 2.29. The molecule has 1 saturated heterocycles. The van der Waals surface area contributed by atoms with Gasteiger partial charge in [-0.25, -0.2) is 4.79 Å². The summed E-state index contributed by atoms with van der Waals surface area (Å²) >= 11 is 0. The summed E-state index contributed by atoms with van der Waals surface area (Å²) in [5.41, 5.74) is 1.10. The second-order valence-corrected chi connectivity index (χ2v) is 7.83. The van der Waals surface area contributed by atoms with E-state index < -0.39 is 0 Å². The normalized spacial score (nSPS) is 21.7. The second kappa shape index (κ2) is 8.54. The predicted molar refractivity (Wildman–Crippen MR) is 102 cm³/mol. The first-order valence-corrected chi connectivity index (χ1v) is 9.15. The van der Waals surface area contributed by atoms with Gasteiger partial charge in [0.2, 0.25) is 5.91 Å². The van der Waals surface area contributed by atoms with E-state index in [9.17, 15) is 9.59 Å². The fraction of sp³-hybridized carbons (Fsp3) is 0.600. The SMILES string of the molecule is CN(C)C(=O)NCC(=O)NCCC1(c2ccccc2)CCOC(C)(C)C1. The highest BCUT2D eigenvalue weighted by Gasteiger charge is 2.41. The quantitative estimate of drug-likeness (QED) is 0.817. The third kappa shape index (κ3) is 5.46. The van der Waals surface area contributed by atoms with Gasteiger partial charge in [0.1, 0.15) is 0 Å². The van der Waals surface area contributed by atoms with Gasteiger partial charge < -0.3 is 20.3 Å². The van der Waals surface area contributed by atoms with Crippen molar-refractivity contribution in [1.82, 2.24) is 15.5 Å². The summed E-state index contributed by atoms with van der Waals surface area (Å²) < 4.78 is 5.92. The Kier molecular flexibility index (Phi) is 6.64. The molecular formula is C20H31N3O3. The molecule has 1 heterocycles. The minimum atomic E-state index is -0.271. The van der Waals surface area contributed by atoms with E-state index in [4.69, 9.17) is 4.74 Å². The van der Waals surface area contributed by atoms with Crippen LogP contribution >= 0.6 is 0 Å². The van der Waals surface area contributed by atoms with Crippen molar-refractivity contribution >= 4 is 11.9 Å². The number of amides is 3. The van der Waals surface area contributed by atoms with Crippen LogP contribution in [0.15, 0.2) is 30.3 Å². The first kappa shape index (κ1) is 20.2. The number of hydrogen-bond donors (Lipinski definition) is 2. The zero-order valence-electron chi connectivity index (χ0n) is 16.3. The number of hydrogen-bond acceptors (Lipinski definition) is 3. The molecule has 1 fully saturated rings. The summed E-state index contributed by atoms with van der Waals surface area (Å²) in [6.45, 7) is 5.53. The molecule has 0 aliphatic carbocycles. The van der Waals surface area contributed by atoms with Crippen LogP contribution < -0.4 is 10.6 Å². The third-order valence-electron chi connectivity index (χ3n) is 4.96. The molecule has 2 rings (SSSR count). The first-order valence-electron chi connectivity index (χ1n) is 9.15. The minimum absolute atomic E-state index is 0.00997. The molecule has 1 atom stereocenters. The van der Waals surface area contributed by atoms with Crippen LogP contribution in [0.3, 0.4) is 0 Å². The Morgan fingerprint density at radius 1 is 1.15 bits per heavy atom. The van der Waals surface area contributed by atoms with Crippen molar-refractivity contribution in [2.75, 3.05) is 33.8 Å². The lowest BCUT2D eigenvalue weighted by atomic mass is 9.67. The molecule has 0 aromatic heterocycles. The van der Waals surface area contributed by atoms with Crippen LogP contribution in [0.2, 0.25) is 0 Å². The number of ether oxygens (including phenoxy) is 1. The molecule has 2 N–H and O–H groups in total. The van der Waals surface area contributed by atoms with Crippen molar-refractivity contribution in [2.24, 2.45) is 0 Å². The first-order chi connectivity index (χ1) is 12.2. The maximum atomic E-state index is 12.0. The average molecular weight is 361 g/mol. The van der Waals surface area contributed by atoms with E-state index in [2.05, 4.69) is 48.7 Å². The third-order valence-corrected chi connectivity index (χ3v) is 4.96. The van der Waals surface area contributed by atoms with Gasteiger partial charge in [0, 0.05) is 32.7 Å². The van der Waals surface area contributed by atoms with Crippen LogP contribution in [-0.4, -0.2) is 56.2 Å². The lowest BCUT2D eigenvalue weighted by Gasteiger charge is -2.45. The summed E-state index contributed by atoms with van der Waals surface area (Å²) in [6, 6.07) is 10.2. The second-order valence-electron chi connectivity index (χ2n) is 7.83. The summed E-state index contributed by atoms with van der Waals surface area (Å²) in [5, 5.41) is 5.51. The Bertz CT molecular complexity index is 616. The van der Waals surface area contributed by atoms with Crippen molar-refractivity contribution in [1.29, 1.82) is 0 Å². The number of urea groups is 1. The van der Waals surface area contributed by atoms with E-state index >= 15 is 0 Å². The Labute approximate surface area is 156 Å². The molecule has 6 heteroatoms. The van der Waals surface area contributed by atoms with Crippen LogP contribution in [-0.2, 0) is 14.9 Å². The number of carbonyl (C=O) groups excluding carboxylic acids is 2. The molecule has 1 aromatic rings. The largest absolute Gasteiger partial charge is 0.376 e. The highest BCUT2D eigenvalue weighted by Crippen LogP contribution is 2.43. The van der Waals surface area contributed by atoms with Crippen LogP contribution in [0.25, 0.3) is 0 Å². The molecule has 26 heavy (non-hydrogen) atoms. The fourth-order valence-corrected chi connectivity index (χ4v) is 3.69. The van der Waals surface area contributed by atoms with E-state index in [0.717, 1.165) is 19.3 Å². The van der Waals surface area contributed by atoms with E-state index in [-0.39, 0.29) is 29.5 Å². The van der Waals surface area contributed by atoms with Gasteiger partial charge in [-0.1, -0.05) is 30.3 Å². The maximum Gasteiger partial charge on any atom is 0.317 e. The van der Waals surface area contributed by atoms with E-state index in [1.165, 1.54) is 10.5 Å². The molecule has 1 unspecified atom stereocenters. The number of benzene rings is 1. The van der Waals surface area contributed by atoms with Gasteiger partial charge in [-0.15, -0.1) is 0 Å². The number of nitrogens with one attached hydrogen (secondary N) is 2. The zero-order chi connectivity index (χ0) is 19.2. The number of rotatable bonds is 6. The van der Waals surface area contributed by atoms with Gasteiger partial charge in [0.15, 0.2) is 0 Å². The molecule has 0 spiro atoms. The molecule has 1 aliphatic rings. The smallest absolute Gasteiger partial charge is 0.317 e. The monoisotopic (exact) mass is 361 g/mol. The van der Waals surface area contributed by atoms with Gasteiger partial charge in [0.25, 0.3) is 0 Å². The molecule has 1 aromatic carbocycles. The van der Waals surface area contributed by atoms with Gasteiger partial charge in [-0.3, -0.25) is 4.79 Å². The van der Waals surface area contributed by atoms with Gasteiger partial charge in [-0.05, 0) is 38.7 Å². The Morgan fingerprint density at radius 3 is 2.46 bits per heavy atom. The molecule has 144 valence electrons. The van der Waals surface area contributed by atoms with E-state index in [0.29, 0.717) is 13.2 Å². The molecule has 0 saturated carbocycles. The average Bonchev–Trinajstić information content (AvgIpc) is 2.59. The van der Waals surface area contributed by atoms with Crippen LogP contribution in [0.4, 0.5) is 4.79 Å². The summed E-state index contributed by atoms with van der Waals surface area (Å²) in [5.74, 6) is -0.172. The molecule has 3 amide bonds. The van der Waals surface area contributed by atoms with Gasteiger partial charge in [-0.2, -0.15) is 0 Å². The highest BCUT2D eigenvalue weighted by atomic mass is 16.5. The maximum absolute atomic E-state index is 12.0. The Balaban J connectivity index is 1.96. The van der Waals surface area contributed by atoms with Crippen LogP contribution in [0, 0.1) is 0 Å². The van der Waals surface area contributed by atoms with Crippen molar-refractivity contribution in [3.05, 3.63) is 35.9 Å². The standard InChI is InChI=1S/C20H31N3O3/c1-19(2)15-20(11-13-26-19,16-8-6-5-7-9-16)10-12-21-17(24)14-22-18(25)23(3)4/h5-9H,10-15H2,1-4H3,(H,21,24)(H,22,25). The van der Waals surface area contributed by atoms with Crippen LogP contribution in [0.1, 0.15) is 38.7 Å². The topological polar surface area (TPSA) is 70.7 Å². The van der Waals surface area contributed by atoms with E-state index in [1.807, 2.05) is 6.07 Å². The van der Waals surface area contributed by atoms with Crippen molar-refractivity contribution in [3.8, 4) is 0 Å². The van der Waals surface area contributed by atoms with Crippen LogP contribution in [0.5, 0.6) is 0 Å². The van der Waals surface area contributed by atoms with Gasteiger partial charge in [0.05, 0.1) is 12.1 Å². The van der Waals surface area contributed by atoms with Crippen molar-refractivity contribution < 1.29 is 14.3 Å². The summed E-state index contributed by atoms with van der Waals surface area (Å²) in [7, 11) is 3.29. The number of nitrogens with zero attached hydrogens (tertiary/aromatic N) is 1. The highest BCUT2D eigenvalue weighted by molar-refractivity contribution is 5.83. The van der Waals surface area contributed by atoms with E-state index in [1.54, 1.807) is 14.1 Å². The van der Waals surface area contributed by atoms with Crippen molar-refractivity contribution in [2.45, 2.75) is 44.1 Å².